The largest absolute Gasteiger partial charge is 0.367 e. The van der Waals surface area contributed by atoms with Crippen LogP contribution in [0.4, 0.5) is 5.82 Å². The van der Waals surface area contributed by atoms with Gasteiger partial charge in [0.2, 0.25) is 5.91 Å². The molecule has 22 heavy (non-hydrogen) atoms. The fourth-order valence-corrected chi connectivity index (χ4v) is 2.15. The minimum atomic E-state index is 0. The van der Waals surface area contributed by atoms with Crippen LogP contribution in [0.3, 0.4) is 0 Å². The quantitative estimate of drug-likeness (QED) is 0.598. The van der Waals surface area contributed by atoms with Crippen molar-refractivity contribution in [2.45, 2.75) is 12.8 Å². The molecular formula is C13H20Cl4N4O. The van der Waals surface area contributed by atoms with Gasteiger partial charge in [0.1, 0.15) is 5.82 Å². The van der Waals surface area contributed by atoms with E-state index in [9.17, 15) is 4.79 Å². The summed E-state index contributed by atoms with van der Waals surface area (Å²) in [6, 6.07) is 1.62. The highest BCUT2D eigenvalue weighted by Gasteiger charge is 2.20. The van der Waals surface area contributed by atoms with Crippen LogP contribution in [-0.2, 0) is 4.79 Å². The number of anilines is 1. The van der Waals surface area contributed by atoms with E-state index in [1.165, 1.54) is 19.0 Å². The van der Waals surface area contributed by atoms with Gasteiger partial charge in [0.15, 0.2) is 0 Å². The molecule has 1 heterocycles. The molecule has 2 rings (SSSR count). The van der Waals surface area contributed by atoms with Gasteiger partial charge in [0.25, 0.3) is 0 Å². The Balaban J connectivity index is 0.00000220. The zero-order valence-corrected chi connectivity index (χ0v) is 15.0. The first-order valence-electron chi connectivity index (χ1n) is 6.67. The number of nitrogens with one attached hydrogen (secondary N) is 3. The molecule has 0 radical (unpaired) electrons. The second-order valence-electron chi connectivity index (χ2n) is 4.83. The number of rotatable bonds is 8. The minimum absolute atomic E-state index is 0. The smallest absolute Gasteiger partial charge is 0.234 e. The summed E-state index contributed by atoms with van der Waals surface area (Å²) in [7, 11) is 0. The molecule has 3 N–H and O–H groups in total. The van der Waals surface area contributed by atoms with Crippen molar-refractivity contribution < 1.29 is 4.79 Å². The van der Waals surface area contributed by atoms with Crippen molar-refractivity contribution in [2.24, 2.45) is 5.92 Å². The monoisotopic (exact) mass is 388 g/mol. The number of nitrogens with zero attached hydrogens (tertiary/aromatic N) is 1. The second kappa shape index (κ2) is 11.1. The molecule has 1 aliphatic rings. The van der Waals surface area contributed by atoms with Crippen molar-refractivity contribution in [3.05, 3.63) is 22.3 Å². The predicted octanol–water partition coefficient (Wildman–Crippen LogP) is 2.76. The zero-order chi connectivity index (χ0) is 14.4. The van der Waals surface area contributed by atoms with Crippen molar-refractivity contribution in [2.75, 3.05) is 31.5 Å². The molecule has 0 unspecified atom stereocenters. The number of pyridine rings is 1. The SMILES string of the molecule is Cl.Cl.O=C(CNCC1CC1)NCCNc1ncc(Cl)cc1Cl. The lowest BCUT2D eigenvalue weighted by Gasteiger charge is -2.09. The minimum Gasteiger partial charge on any atom is -0.367 e. The molecule has 0 spiro atoms. The number of amides is 1. The molecule has 1 amide bonds. The van der Waals surface area contributed by atoms with Crippen molar-refractivity contribution in [1.82, 2.24) is 15.6 Å². The van der Waals surface area contributed by atoms with E-state index in [0.717, 1.165) is 12.5 Å². The van der Waals surface area contributed by atoms with Gasteiger partial charge < -0.3 is 16.0 Å². The van der Waals surface area contributed by atoms with E-state index in [1.807, 2.05) is 0 Å². The maximum absolute atomic E-state index is 11.5. The third-order valence-electron chi connectivity index (χ3n) is 2.96. The Morgan fingerprint density at radius 1 is 1.27 bits per heavy atom. The van der Waals surface area contributed by atoms with Gasteiger partial charge in [-0.25, -0.2) is 4.98 Å². The summed E-state index contributed by atoms with van der Waals surface area (Å²) in [5, 5.41) is 9.96. The molecule has 1 aromatic heterocycles. The van der Waals surface area contributed by atoms with Crippen molar-refractivity contribution >= 4 is 59.7 Å². The summed E-state index contributed by atoms with van der Waals surface area (Å²) in [6.45, 7) is 2.39. The standard InChI is InChI=1S/C13H18Cl2N4O.2ClH/c14-10-5-11(15)13(19-7-10)18-4-3-17-12(20)8-16-6-9-1-2-9;;/h5,7,9,16H,1-4,6,8H2,(H,17,20)(H,18,19);2*1H. The Labute approximate surface area is 152 Å². The van der Waals surface area contributed by atoms with Crippen LogP contribution in [0.25, 0.3) is 0 Å². The number of aromatic nitrogens is 1. The lowest BCUT2D eigenvalue weighted by molar-refractivity contribution is -0.120. The Bertz CT molecular complexity index is 471. The molecule has 1 fully saturated rings. The Morgan fingerprint density at radius 3 is 2.64 bits per heavy atom. The van der Waals surface area contributed by atoms with Crippen molar-refractivity contribution in [1.29, 1.82) is 0 Å². The van der Waals surface area contributed by atoms with E-state index in [1.54, 1.807) is 6.07 Å². The van der Waals surface area contributed by atoms with Crippen LogP contribution in [0.1, 0.15) is 12.8 Å². The number of carbonyl (C=O) groups excluding carboxylic acids is 1. The molecule has 0 bridgehead atoms. The Hall–Kier alpha value is -0.460. The summed E-state index contributed by atoms with van der Waals surface area (Å²) in [4.78, 5) is 15.6. The maximum atomic E-state index is 11.5. The molecule has 1 saturated carbocycles. The average molecular weight is 390 g/mol. The third kappa shape index (κ3) is 8.25. The molecule has 5 nitrogen and oxygen atoms in total. The molecule has 0 aliphatic heterocycles. The van der Waals surface area contributed by atoms with Gasteiger partial charge >= 0.3 is 0 Å². The molecule has 1 aromatic rings. The highest BCUT2D eigenvalue weighted by Crippen LogP contribution is 2.27. The van der Waals surface area contributed by atoms with Gasteiger partial charge in [0.05, 0.1) is 16.6 Å². The van der Waals surface area contributed by atoms with Crippen LogP contribution in [0, 0.1) is 5.92 Å². The summed E-state index contributed by atoms with van der Waals surface area (Å²) in [6.07, 6.45) is 4.09. The summed E-state index contributed by atoms with van der Waals surface area (Å²) in [5.41, 5.74) is 0. The third-order valence-corrected chi connectivity index (χ3v) is 3.46. The normalized spacial score (nSPS) is 12.8. The van der Waals surface area contributed by atoms with Crippen LogP contribution < -0.4 is 16.0 Å². The Morgan fingerprint density at radius 2 is 2.00 bits per heavy atom. The topological polar surface area (TPSA) is 66.1 Å². The molecule has 1 aliphatic carbocycles. The number of hydrogen-bond donors (Lipinski definition) is 3. The molecular weight excluding hydrogens is 370 g/mol. The van der Waals surface area contributed by atoms with Crippen LogP contribution in [0.5, 0.6) is 0 Å². The van der Waals surface area contributed by atoms with E-state index in [4.69, 9.17) is 23.2 Å². The number of hydrogen-bond acceptors (Lipinski definition) is 4. The van der Waals surface area contributed by atoms with E-state index in [-0.39, 0.29) is 30.7 Å². The van der Waals surface area contributed by atoms with Gasteiger partial charge in [-0.1, -0.05) is 23.2 Å². The van der Waals surface area contributed by atoms with Crippen LogP contribution in [0.2, 0.25) is 10.0 Å². The fourth-order valence-electron chi connectivity index (χ4n) is 1.70. The molecule has 126 valence electrons. The summed E-state index contributed by atoms with van der Waals surface area (Å²) in [5.74, 6) is 1.35. The van der Waals surface area contributed by atoms with E-state index in [2.05, 4.69) is 20.9 Å². The number of halogens is 4. The Kier molecular flexibility index (Phi) is 10.9. The second-order valence-corrected chi connectivity index (χ2v) is 5.68. The summed E-state index contributed by atoms with van der Waals surface area (Å²) >= 11 is 11.7. The van der Waals surface area contributed by atoms with E-state index in [0.29, 0.717) is 35.5 Å². The van der Waals surface area contributed by atoms with Gasteiger partial charge in [-0.3, -0.25) is 4.79 Å². The first-order chi connectivity index (χ1) is 9.65. The highest BCUT2D eigenvalue weighted by molar-refractivity contribution is 6.35. The zero-order valence-electron chi connectivity index (χ0n) is 11.9. The van der Waals surface area contributed by atoms with Crippen LogP contribution in [-0.4, -0.2) is 37.1 Å². The lowest BCUT2D eigenvalue weighted by atomic mass is 10.4. The maximum Gasteiger partial charge on any atom is 0.234 e. The number of carbonyl (C=O) groups is 1. The van der Waals surface area contributed by atoms with Crippen molar-refractivity contribution in [3.8, 4) is 0 Å². The van der Waals surface area contributed by atoms with Crippen molar-refractivity contribution in [3.63, 3.8) is 0 Å². The first-order valence-corrected chi connectivity index (χ1v) is 7.43. The van der Waals surface area contributed by atoms with Crippen LogP contribution >= 0.6 is 48.0 Å². The molecule has 0 aromatic carbocycles. The fraction of sp³-hybridized carbons (Fsp3) is 0.538. The average Bonchev–Trinajstić information content (AvgIpc) is 3.21. The molecule has 0 saturated heterocycles. The molecule has 0 atom stereocenters. The van der Waals surface area contributed by atoms with Gasteiger partial charge in [-0.15, -0.1) is 24.8 Å². The van der Waals surface area contributed by atoms with E-state index < -0.39 is 0 Å². The molecule has 9 heteroatoms. The van der Waals surface area contributed by atoms with Gasteiger partial charge in [-0.05, 0) is 31.4 Å². The lowest BCUT2D eigenvalue weighted by Crippen LogP contribution is -2.37. The predicted molar refractivity (Wildman–Crippen MR) is 95.8 cm³/mol. The first kappa shape index (κ1) is 21.5. The van der Waals surface area contributed by atoms with Crippen LogP contribution in [0.15, 0.2) is 12.3 Å². The summed E-state index contributed by atoms with van der Waals surface area (Å²) < 4.78 is 0. The van der Waals surface area contributed by atoms with Gasteiger partial charge in [-0.2, -0.15) is 0 Å². The van der Waals surface area contributed by atoms with Gasteiger partial charge in [0, 0.05) is 19.3 Å². The van der Waals surface area contributed by atoms with E-state index >= 15 is 0 Å². The highest BCUT2D eigenvalue weighted by atomic mass is 35.5.